The Morgan fingerprint density at radius 2 is 1.75 bits per heavy atom. The summed E-state index contributed by atoms with van der Waals surface area (Å²) < 4.78 is 121. The highest BCUT2D eigenvalue weighted by Crippen LogP contribution is 2.37. The van der Waals surface area contributed by atoms with Crippen LogP contribution in [0.4, 0.5) is 0 Å². The first-order valence-corrected chi connectivity index (χ1v) is 6.84. The minimum atomic E-state index is -3.51. The van der Waals surface area contributed by atoms with E-state index in [4.69, 9.17) is 28.5 Å². The number of nitrogens with zero attached hydrogens (tertiary/aromatic N) is 1. The summed E-state index contributed by atoms with van der Waals surface area (Å²) in [6.45, 7) is -0.233. The second-order valence-corrected chi connectivity index (χ2v) is 6.35. The van der Waals surface area contributed by atoms with Crippen LogP contribution in [0.1, 0.15) is 84.0 Å². The van der Waals surface area contributed by atoms with Gasteiger partial charge < -0.3 is 9.31 Å². The van der Waals surface area contributed by atoms with Crippen LogP contribution in [0.25, 0.3) is 0 Å². The van der Waals surface area contributed by atoms with Gasteiger partial charge in [-0.3, -0.25) is 0 Å². The summed E-state index contributed by atoms with van der Waals surface area (Å²) in [6, 6.07) is 0. The maximum Gasteiger partial charge on any atom is 0.507 e. The van der Waals surface area contributed by atoms with Crippen molar-refractivity contribution < 1.29 is 28.5 Å². The third kappa shape index (κ3) is 2.95. The van der Waals surface area contributed by atoms with E-state index >= 15 is 0 Å². The summed E-state index contributed by atoms with van der Waals surface area (Å²) in [5.74, 6) is 0. The van der Waals surface area contributed by atoms with Gasteiger partial charge in [0.1, 0.15) is 0 Å². The van der Waals surface area contributed by atoms with Crippen molar-refractivity contribution in [2.24, 2.45) is 0 Å². The molecule has 112 valence electrons. The molecular weight excluding hydrogens is 269 g/mol. The van der Waals surface area contributed by atoms with Crippen LogP contribution in [0, 0.1) is 0 Å². The van der Waals surface area contributed by atoms with E-state index in [9.17, 15) is 0 Å². The first-order valence-electron chi connectivity index (χ1n) is 13.0. The number of thiazole rings is 1. The van der Waals surface area contributed by atoms with Gasteiger partial charge in [0.15, 0.2) is 0 Å². The van der Waals surface area contributed by atoms with Crippen molar-refractivity contribution in [2.45, 2.75) is 78.1 Å². The molecule has 1 aromatic rings. The molecule has 0 aromatic carbocycles. The van der Waals surface area contributed by atoms with Gasteiger partial charge in [0.05, 0.1) is 26.7 Å². The molecule has 5 heteroatoms. The van der Waals surface area contributed by atoms with E-state index in [1.54, 1.807) is 27.7 Å². The lowest BCUT2D eigenvalue weighted by Gasteiger charge is -2.32. The molecular formula is C15H26BNO2S. The number of hydrogen-bond donors (Lipinski definition) is 0. The lowest BCUT2D eigenvalue weighted by molar-refractivity contribution is 0.00578. The molecule has 0 spiro atoms. The largest absolute Gasteiger partial charge is 0.507 e. The molecule has 1 aromatic heterocycles. The molecule has 0 radical (unpaired) electrons. The molecule has 0 amide bonds. The van der Waals surface area contributed by atoms with Crippen molar-refractivity contribution in [1.29, 1.82) is 0 Å². The van der Waals surface area contributed by atoms with Crippen LogP contribution in [-0.2, 0) is 22.1 Å². The quantitative estimate of drug-likeness (QED) is 0.782. The van der Waals surface area contributed by atoms with E-state index in [0.717, 1.165) is 0 Å². The van der Waals surface area contributed by atoms with Crippen molar-refractivity contribution in [1.82, 2.24) is 4.98 Å². The van der Waals surface area contributed by atoms with Crippen LogP contribution in [0.15, 0.2) is 0 Å². The Balaban J connectivity index is 2.82. The fourth-order valence-electron chi connectivity index (χ4n) is 1.70. The minimum Gasteiger partial charge on any atom is -0.399 e. The Hall–Kier alpha value is -0.385. The number of aromatic nitrogens is 1. The van der Waals surface area contributed by atoms with Gasteiger partial charge in [-0.2, -0.15) is 0 Å². The first kappa shape index (κ1) is 5.67. The summed E-state index contributed by atoms with van der Waals surface area (Å²) in [5.41, 5.74) is -2.81. The van der Waals surface area contributed by atoms with Crippen LogP contribution in [0.5, 0.6) is 0 Å². The Kier molecular flexibility index (Phi) is 1.64. The van der Waals surface area contributed by atoms with Crippen molar-refractivity contribution in [3.8, 4) is 0 Å². The number of aryl methyl sites for hydroxylation is 2. The second kappa shape index (κ2) is 5.78. The van der Waals surface area contributed by atoms with Crippen LogP contribution in [0.2, 0.25) is 0 Å². The van der Waals surface area contributed by atoms with Gasteiger partial charge in [-0.15, -0.1) is 11.3 Å². The molecule has 0 atom stereocenters. The van der Waals surface area contributed by atoms with Crippen molar-refractivity contribution in [3.63, 3.8) is 0 Å². The maximum atomic E-state index is 8.36. The molecule has 0 aliphatic carbocycles. The smallest absolute Gasteiger partial charge is 0.399 e. The van der Waals surface area contributed by atoms with Crippen molar-refractivity contribution in [2.75, 3.05) is 0 Å². The molecule has 1 fully saturated rings. The van der Waals surface area contributed by atoms with Crippen molar-refractivity contribution in [3.05, 3.63) is 10.7 Å². The van der Waals surface area contributed by atoms with Gasteiger partial charge in [0.25, 0.3) is 0 Å². The van der Waals surface area contributed by atoms with Crippen LogP contribution in [-0.4, -0.2) is 23.3 Å². The highest BCUT2D eigenvalue weighted by atomic mass is 32.1. The molecule has 1 saturated heterocycles. The summed E-state index contributed by atoms with van der Waals surface area (Å²) >= 11 is 0.345. The number of hydrogen-bond acceptors (Lipinski definition) is 4. The second-order valence-electron chi connectivity index (χ2n) is 5.32. The molecule has 20 heavy (non-hydrogen) atoms. The molecule has 1 aliphatic heterocycles. The summed E-state index contributed by atoms with van der Waals surface area (Å²) in [4.78, 5) is 3.78. The lowest BCUT2D eigenvalue weighted by atomic mass is 9.85. The standard InChI is InChI=1S/C15H26BNO2S/c1-7-9-11-13(20-12(17-11)10-8-2)16-18-14(3,4)15(5,6)19-16/h7-10H2,1-6H3/i1D3,2D3,7D2,8D2,9D2,10D2. The first-order chi connectivity index (χ1) is 14.7. The highest BCUT2D eigenvalue weighted by molar-refractivity contribution is 7.22. The molecule has 1 aliphatic rings. The fourth-order valence-corrected chi connectivity index (χ4v) is 2.53. The average molecular weight is 309 g/mol. The monoisotopic (exact) mass is 309 g/mol. The molecule has 2 rings (SSSR count). The third-order valence-corrected chi connectivity index (χ3v) is 4.46. The van der Waals surface area contributed by atoms with E-state index in [2.05, 4.69) is 4.98 Å². The van der Waals surface area contributed by atoms with Crippen LogP contribution < -0.4 is 4.78 Å². The van der Waals surface area contributed by atoms with Crippen LogP contribution in [0.3, 0.4) is 0 Å². The minimum absolute atomic E-state index is 0.322. The van der Waals surface area contributed by atoms with E-state index in [-0.39, 0.29) is 4.78 Å². The molecule has 0 N–H and O–H groups in total. The zero-order valence-corrected chi connectivity index (χ0v) is 12.6. The normalized spacial score (nSPS) is 35.1. The van der Waals surface area contributed by atoms with Gasteiger partial charge >= 0.3 is 7.12 Å². The van der Waals surface area contributed by atoms with Gasteiger partial charge in [-0.25, -0.2) is 4.98 Å². The highest BCUT2D eigenvalue weighted by Gasteiger charge is 2.53. The molecule has 3 nitrogen and oxygen atoms in total. The Bertz CT molecular complexity index is 921. The van der Waals surface area contributed by atoms with E-state index in [1.807, 2.05) is 0 Å². The summed E-state index contributed by atoms with van der Waals surface area (Å²) in [7, 11) is -1.43. The van der Waals surface area contributed by atoms with Gasteiger partial charge in [0.2, 0.25) is 0 Å². The predicted octanol–water partition coefficient (Wildman–Crippen LogP) is 3.35. The third-order valence-electron chi connectivity index (χ3n) is 3.47. The zero-order chi connectivity index (χ0) is 27.1. The van der Waals surface area contributed by atoms with E-state index < -0.39 is 68.2 Å². The summed E-state index contributed by atoms with van der Waals surface area (Å²) in [6.07, 6.45) is -13.6. The summed E-state index contributed by atoms with van der Waals surface area (Å²) in [5, 5.41) is -0.821. The van der Waals surface area contributed by atoms with Crippen molar-refractivity contribution >= 4 is 23.2 Å². The van der Waals surface area contributed by atoms with E-state index in [0.29, 0.717) is 11.3 Å². The average Bonchev–Trinajstić information content (AvgIpc) is 3.12. The molecule has 0 bridgehead atoms. The Labute approximate surface area is 146 Å². The Morgan fingerprint density at radius 1 is 1.15 bits per heavy atom. The van der Waals surface area contributed by atoms with Gasteiger partial charge in [-0.1, -0.05) is 20.1 Å². The topological polar surface area (TPSA) is 31.4 Å². The van der Waals surface area contributed by atoms with E-state index in [1.165, 1.54) is 0 Å². The fraction of sp³-hybridized carbons (Fsp3) is 0.800. The SMILES string of the molecule is [2H]C([2H])([2H])C([2H])([2H])C([2H])([2H])c1nc(C([2H])([2H])C([2H])([2H])C([2H])([2H])[2H])c(B2OC(C)(C)C(C)(C)O2)s1. The number of rotatable bonds is 5. The predicted molar refractivity (Wildman–Crippen MR) is 85.8 cm³/mol. The maximum absolute atomic E-state index is 8.36. The lowest BCUT2D eigenvalue weighted by Crippen LogP contribution is -2.41. The van der Waals surface area contributed by atoms with Crippen LogP contribution >= 0.6 is 11.3 Å². The van der Waals surface area contributed by atoms with Gasteiger partial charge in [0, 0.05) is 19.2 Å². The molecule has 2 heterocycles. The molecule has 0 unspecified atom stereocenters. The zero-order valence-electron chi connectivity index (χ0n) is 25.7. The Morgan fingerprint density at radius 3 is 2.35 bits per heavy atom. The molecule has 0 saturated carbocycles. The van der Waals surface area contributed by atoms with Gasteiger partial charge in [-0.05, 0) is 46.8 Å².